The van der Waals surface area contributed by atoms with Gasteiger partial charge in [-0.05, 0) is 73.4 Å². The van der Waals surface area contributed by atoms with E-state index < -0.39 is 0 Å². The van der Waals surface area contributed by atoms with Gasteiger partial charge in [0.15, 0.2) is 0 Å². The van der Waals surface area contributed by atoms with Gasteiger partial charge in [0, 0.05) is 21.5 Å². The molecule has 0 heterocycles. The molecule has 3 heteroatoms. The van der Waals surface area contributed by atoms with Crippen molar-refractivity contribution in [1.29, 1.82) is 0 Å². The smallest absolute Gasteiger partial charge is 0.106 e. The van der Waals surface area contributed by atoms with Crippen molar-refractivity contribution in [3.63, 3.8) is 0 Å². The number of benzene rings is 2. The second-order valence-electron chi connectivity index (χ2n) is 5.79. The number of aryl methyl sites for hydroxylation is 2. The summed E-state index contributed by atoms with van der Waals surface area (Å²) >= 11 is 3.53. The van der Waals surface area contributed by atoms with Gasteiger partial charge >= 0.3 is 0 Å². The number of anilines is 2. The SMILES string of the molecule is BC/C=C\C(=C/C)N(c1ccc(Br)cc1)c1ccc2c(c1)CC2. The lowest BCUT2D eigenvalue weighted by atomic mass is 9.88. The molecule has 0 N–H and O–H groups in total. The third-order valence-corrected chi connectivity index (χ3v) is 4.80. The van der Waals surface area contributed by atoms with E-state index in [-0.39, 0.29) is 0 Å². The fourth-order valence-electron chi connectivity index (χ4n) is 2.90. The van der Waals surface area contributed by atoms with Gasteiger partial charge in [0.25, 0.3) is 0 Å². The Morgan fingerprint density at radius 2 is 1.78 bits per heavy atom. The van der Waals surface area contributed by atoms with Gasteiger partial charge in [-0.25, -0.2) is 0 Å². The lowest BCUT2D eigenvalue weighted by molar-refractivity contribution is 0.838. The van der Waals surface area contributed by atoms with Crippen LogP contribution in [0.5, 0.6) is 0 Å². The number of hydrogen-bond donors (Lipinski definition) is 0. The van der Waals surface area contributed by atoms with Crippen LogP contribution in [0.15, 0.2) is 70.9 Å². The Kier molecular flexibility index (Phi) is 5.07. The Morgan fingerprint density at radius 3 is 2.35 bits per heavy atom. The van der Waals surface area contributed by atoms with Crippen LogP contribution in [0.2, 0.25) is 6.32 Å². The molecule has 0 aliphatic heterocycles. The fraction of sp³-hybridized carbons (Fsp3) is 0.200. The number of rotatable bonds is 5. The highest BCUT2D eigenvalue weighted by Gasteiger charge is 2.18. The zero-order valence-corrected chi connectivity index (χ0v) is 15.3. The molecule has 0 amide bonds. The van der Waals surface area contributed by atoms with Crippen molar-refractivity contribution in [2.75, 3.05) is 4.90 Å². The standard InChI is InChI=1S/C20H21BBrN/c1-2-18(4-3-13-21)23(19-11-8-17(22)9-12-19)20-10-7-15-5-6-16(15)14-20/h2-4,7-12,14H,5-6,13,21H2,1H3/b4-3-,18-2+. The van der Waals surface area contributed by atoms with Gasteiger partial charge in [0.1, 0.15) is 7.85 Å². The van der Waals surface area contributed by atoms with E-state index in [2.05, 4.69) is 96.3 Å². The van der Waals surface area contributed by atoms with Gasteiger partial charge in [0.2, 0.25) is 0 Å². The summed E-state index contributed by atoms with van der Waals surface area (Å²) in [5, 5.41) is 0. The van der Waals surface area contributed by atoms with Crippen molar-refractivity contribution in [1.82, 2.24) is 0 Å². The molecule has 23 heavy (non-hydrogen) atoms. The molecule has 2 aromatic carbocycles. The van der Waals surface area contributed by atoms with Gasteiger partial charge in [-0.15, -0.1) is 0 Å². The quantitative estimate of drug-likeness (QED) is 0.520. The maximum Gasteiger partial charge on any atom is 0.106 e. The zero-order chi connectivity index (χ0) is 16.2. The van der Waals surface area contributed by atoms with Gasteiger partial charge in [0.05, 0.1) is 0 Å². The second-order valence-corrected chi connectivity index (χ2v) is 6.70. The second kappa shape index (κ2) is 7.22. The predicted octanol–water partition coefficient (Wildman–Crippen LogP) is 5.20. The molecule has 0 atom stereocenters. The zero-order valence-electron chi connectivity index (χ0n) is 13.7. The van der Waals surface area contributed by atoms with Crippen LogP contribution in [0.3, 0.4) is 0 Å². The average molecular weight is 366 g/mol. The van der Waals surface area contributed by atoms with E-state index in [1.165, 1.54) is 41.0 Å². The molecule has 0 fully saturated rings. The Hall–Kier alpha value is -1.74. The summed E-state index contributed by atoms with van der Waals surface area (Å²) in [4.78, 5) is 2.33. The average Bonchev–Trinajstić information content (AvgIpc) is 2.54. The number of fused-ring (bicyclic) bond motifs is 1. The van der Waals surface area contributed by atoms with E-state index in [4.69, 9.17) is 0 Å². The van der Waals surface area contributed by atoms with E-state index in [1.807, 2.05) is 0 Å². The molecule has 0 spiro atoms. The molecular formula is C20H21BBrN. The first-order valence-electron chi connectivity index (χ1n) is 8.23. The fourth-order valence-corrected chi connectivity index (χ4v) is 3.16. The van der Waals surface area contributed by atoms with Crippen LogP contribution in [0.4, 0.5) is 11.4 Å². The summed E-state index contributed by atoms with van der Waals surface area (Å²) in [6, 6.07) is 15.4. The van der Waals surface area contributed by atoms with Crippen LogP contribution >= 0.6 is 15.9 Å². The van der Waals surface area contributed by atoms with Crippen molar-refractivity contribution in [2.45, 2.75) is 26.1 Å². The molecule has 0 bridgehead atoms. The first-order valence-corrected chi connectivity index (χ1v) is 9.02. The molecule has 116 valence electrons. The summed E-state index contributed by atoms with van der Waals surface area (Å²) < 4.78 is 1.10. The molecule has 2 aromatic rings. The van der Waals surface area contributed by atoms with Crippen LogP contribution in [0.1, 0.15) is 18.1 Å². The summed E-state index contributed by atoms with van der Waals surface area (Å²) in [5.74, 6) is 0. The van der Waals surface area contributed by atoms with Crippen LogP contribution in [-0.4, -0.2) is 7.85 Å². The first-order chi connectivity index (χ1) is 11.2. The molecule has 0 saturated heterocycles. The van der Waals surface area contributed by atoms with Crippen molar-refractivity contribution in [3.05, 3.63) is 82.0 Å². The van der Waals surface area contributed by atoms with Crippen LogP contribution < -0.4 is 4.90 Å². The van der Waals surface area contributed by atoms with Crippen molar-refractivity contribution in [2.24, 2.45) is 0 Å². The highest BCUT2D eigenvalue weighted by atomic mass is 79.9. The molecule has 1 aliphatic rings. The van der Waals surface area contributed by atoms with Gasteiger partial charge in [-0.3, -0.25) is 0 Å². The van der Waals surface area contributed by atoms with E-state index in [9.17, 15) is 0 Å². The Balaban J connectivity index is 2.06. The minimum absolute atomic E-state index is 1.04. The molecule has 0 radical (unpaired) electrons. The van der Waals surface area contributed by atoms with Crippen molar-refractivity contribution >= 4 is 35.2 Å². The molecule has 3 rings (SSSR count). The third kappa shape index (κ3) is 3.45. The van der Waals surface area contributed by atoms with E-state index in [1.54, 1.807) is 0 Å². The van der Waals surface area contributed by atoms with Crippen LogP contribution in [-0.2, 0) is 12.8 Å². The van der Waals surface area contributed by atoms with Crippen LogP contribution in [0.25, 0.3) is 0 Å². The van der Waals surface area contributed by atoms with Gasteiger partial charge < -0.3 is 4.90 Å². The largest absolute Gasteiger partial charge is 0.311 e. The topological polar surface area (TPSA) is 3.24 Å². The summed E-state index contributed by atoms with van der Waals surface area (Å²) in [5.41, 5.74) is 6.60. The molecule has 1 nitrogen and oxygen atoms in total. The third-order valence-electron chi connectivity index (χ3n) is 4.27. The maximum absolute atomic E-state index is 3.53. The lowest BCUT2D eigenvalue weighted by Gasteiger charge is -2.29. The lowest BCUT2D eigenvalue weighted by Crippen LogP contribution is -2.17. The van der Waals surface area contributed by atoms with E-state index in [0.717, 1.165) is 10.8 Å². The molecule has 0 unspecified atom stereocenters. The number of halogens is 1. The first kappa shape index (κ1) is 16.1. The Labute approximate surface area is 148 Å². The Morgan fingerprint density at radius 1 is 1.09 bits per heavy atom. The van der Waals surface area contributed by atoms with E-state index in [0.29, 0.717) is 0 Å². The molecule has 0 saturated carbocycles. The van der Waals surface area contributed by atoms with Gasteiger partial charge in [-0.2, -0.15) is 0 Å². The van der Waals surface area contributed by atoms with Crippen molar-refractivity contribution in [3.8, 4) is 0 Å². The van der Waals surface area contributed by atoms with Gasteiger partial charge in [-0.1, -0.05) is 40.5 Å². The summed E-state index contributed by atoms with van der Waals surface area (Å²) in [7, 11) is 2.17. The molecule has 1 aliphatic carbocycles. The maximum atomic E-state index is 3.53. The minimum atomic E-state index is 1.04. The highest BCUT2D eigenvalue weighted by Crippen LogP contribution is 2.35. The monoisotopic (exact) mass is 365 g/mol. The van der Waals surface area contributed by atoms with Crippen molar-refractivity contribution < 1.29 is 0 Å². The van der Waals surface area contributed by atoms with E-state index >= 15 is 0 Å². The molecular weight excluding hydrogens is 345 g/mol. The normalized spacial score (nSPS) is 13.7. The molecule has 0 aromatic heterocycles. The number of hydrogen-bond acceptors (Lipinski definition) is 1. The predicted molar refractivity (Wildman–Crippen MR) is 106 cm³/mol. The highest BCUT2D eigenvalue weighted by molar-refractivity contribution is 9.10. The minimum Gasteiger partial charge on any atom is -0.311 e. The number of allylic oxidation sites excluding steroid dienone is 3. The van der Waals surface area contributed by atoms with Crippen LogP contribution in [0, 0.1) is 0 Å². The number of nitrogens with zero attached hydrogens (tertiary/aromatic N) is 1. The summed E-state index contributed by atoms with van der Waals surface area (Å²) in [6.45, 7) is 2.10. The Bertz CT molecular complexity index is 747. The summed E-state index contributed by atoms with van der Waals surface area (Å²) in [6.07, 6.45) is 10.1.